The molecule has 6 nitrogen and oxygen atoms in total. The molecule has 0 fully saturated rings. The van der Waals surface area contributed by atoms with Crippen molar-refractivity contribution in [2.24, 2.45) is 0 Å². The molecule has 0 unspecified atom stereocenters. The van der Waals surface area contributed by atoms with Crippen molar-refractivity contribution in [1.82, 2.24) is 0 Å². The minimum atomic E-state index is -0.544. The molecule has 4 rings (SSSR count). The number of hydrogen-bond acceptors (Lipinski definition) is 6. The predicted molar refractivity (Wildman–Crippen MR) is 138 cm³/mol. The number of esters is 1. The number of halogens is 1. The molecular formula is C28H25FN2O4S. The smallest absolute Gasteiger partial charge is 0.338 e. The average molecular weight is 505 g/mol. The molecule has 0 spiro atoms. The summed E-state index contributed by atoms with van der Waals surface area (Å²) < 4.78 is 18.6. The van der Waals surface area contributed by atoms with Crippen LogP contribution in [-0.4, -0.2) is 24.4 Å². The van der Waals surface area contributed by atoms with Crippen LogP contribution in [0.25, 0.3) is 0 Å². The van der Waals surface area contributed by atoms with Gasteiger partial charge in [0.15, 0.2) is 0 Å². The normalized spacial score (nSPS) is 13.4. The van der Waals surface area contributed by atoms with Crippen LogP contribution in [0.3, 0.4) is 0 Å². The second kappa shape index (κ2) is 11.2. The van der Waals surface area contributed by atoms with E-state index in [1.807, 2.05) is 38.1 Å². The molecular weight excluding hydrogens is 479 g/mol. The number of thioether (sulfide) groups is 1. The number of unbranched alkanes of at least 4 members (excludes halogenated alkanes) is 1. The molecule has 184 valence electrons. The molecule has 1 aliphatic rings. The summed E-state index contributed by atoms with van der Waals surface area (Å²) in [6.45, 7) is 4.30. The lowest BCUT2D eigenvalue weighted by Gasteiger charge is -2.16. The van der Waals surface area contributed by atoms with E-state index >= 15 is 0 Å². The van der Waals surface area contributed by atoms with Gasteiger partial charge in [0.25, 0.3) is 11.8 Å². The molecule has 2 amide bonds. The van der Waals surface area contributed by atoms with E-state index in [2.05, 4.69) is 5.32 Å². The molecule has 0 saturated carbocycles. The number of aryl methyl sites for hydroxylation is 1. The van der Waals surface area contributed by atoms with Crippen LogP contribution in [0.1, 0.15) is 35.7 Å². The van der Waals surface area contributed by atoms with Gasteiger partial charge in [0, 0.05) is 10.6 Å². The Hall–Kier alpha value is -3.91. The summed E-state index contributed by atoms with van der Waals surface area (Å²) in [6, 6.07) is 19.3. The SMILES string of the molecule is CCCCOC(=O)c1ccc(N2C(=O)C(Nc3ccc(F)cc3)=C(Sc3ccc(C)cc3)C2=O)cc1. The van der Waals surface area contributed by atoms with Gasteiger partial charge in [0.2, 0.25) is 0 Å². The molecule has 0 atom stereocenters. The van der Waals surface area contributed by atoms with Gasteiger partial charge in [-0.3, -0.25) is 9.59 Å². The van der Waals surface area contributed by atoms with Gasteiger partial charge in [0.05, 0.1) is 17.9 Å². The van der Waals surface area contributed by atoms with Crippen molar-refractivity contribution in [2.75, 3.05) is 16.8 Å². The maximum atomic E-state index is 13.5. The maximum absolute atomic E-state index is 13.5. The minimum Gasteiger partial charge on any atom is -0.462 e. The summed E-state index contributed by atoms with van der Waals surface area (Å²) in [6.07, 6.45) is 1.69. The molecule has 1 heterocycles. The van der Waals surface area contributed by atoms with E-state index in [-0.39, 0.29) is 10.6 Å². The van der Waals surface area contributed by atoms with E-state index in [1.54, 1.807) is 12.1 Å². The highest BCUT2D eigenvalue weighted by Gasteiger charge is 2.40. The molecule has 36 heavy (non-hydrogen) atoms. The highest BCUT2D eigenvalue weighted by Crippen LogP contribution is 2.38. The number of amides is 2. The summed E-state index contributed by atoms with van der Waals surface area (Å²) in [5.74, 6) is -1.90. The van der Waals surface area contributed by atoms with Crippen LogP contribution in [0.5, 0.6) is 0 Å². The highest BCUT2D eigenvalue weighted by molar-refractivity contribution is 8.04. The number of nitrogens with zero attached hydrogens (tertiary/aromatic N) is 1. The van der Waals surface area contributed by atoms with Gasteiger partial charge in [-0.2, -0.15) is 0 Å². The van der Waals surface area contributed by atoms with Crippen molar-refractivity contribution >= 4 is 40.9 Å². The first-order valence-corrected chi connectivity index (χ1v) is 12.4. The van der Waals surface area contributed by atoms with E-state index in [4.69, 9.17) is 4.74 Å². The Morgan fingerprint density at radius 2 is 1.61 bits per heavy atom. The zero-order valence-electron chi connectivity index (χ0n) is 19.9. The van der Waals surface area contributed by atoms with Gasteiger partial charge < -0.3 is 10.1 Å². The molecule has 3 aromatic carbocycles. The number of carbonyl (C=O) groups excluding carboxylic acids is 3. The van der Waals surface area contributed by atoms with Crippen LogP contribution in [-0.2, 0) is 14.3 Å². The van der Waals surface area contributed by atoms with Crippen LogP contribution in [0.15, 0.2) is 88.3 Å². The Bertz CT molecular complexity index is 1230. The fourth-order valence-corrected chi connectivity index (χ4v) is 4.42. The van der Waals surface area contributed by atoms with Crippen molar-refractivity contribution in [2.45, 2.75) is 31.6 Å². The lowest BCUT2D eigenvalue weighted by atomic mass is 10.2. The summed E-state index contributed by atoms with van der Waals surface area (Å²) in [5, 5.41) is 2.99. The number of rotatable bonds is 9. The van der Waals surface area contributed by atoms with E-state index in [1.165, 1.54) is 48.2 Å². The lowest BCUT2D eigenvalue weighted by Crippen LogP contribution is -2.32. The van der Waals surface area contributed by atoms with Crippen molar-refractivity contribution in [3.63, 3.8) is 0 Å². The quantitative estimate of drug-likeness (QED) is 0.216. The number of anilines is 2. The van der Waals surface area contributed by atoms with E-state index in [0.717, 1.165) is 28.2 Å². The zero-order chi connectivity index (χ0) is 25.7. The lowest BCUT2D eigenvalue weighted by molar-refractivity contribution is -0.120. The second-order valence-corrected chi connectivity index (χ2v) is 9.32. The molecule has 1 N–H and O–H groups in total. The van der Waals surface area contributed by atoms with Crippen LogP contribution in [0.2, 0.25) is 0 Å². The van der Waals surface area contributed by atoms with Crippen molar-refractivity contribution in [3.8, 4) is 0 Å². The van der Waals surface area contributed by atoms with Crippen molar-refractivity contribution < 1.29 is 23.5 Å². The van der Waals surface area contributed by atoms with E-state index < -0.39 is 23.6 Å². The fraction of sp³-hybridized carbons (Fsp3) is 0.179. The van der Waals surface area contributed by atoms with E-state index in [0.29, 0.717) is 23.5 Å². The molecule has 0 radical (unpaired) electrons. The van der Waals surface area contributed by atoms with Gasteiger partial charge in [-0.15, -0.1) is 0 Å². The van der Waals surface area contributed by atoms with Gasteiger partial charge in [-0.25, -0.2) is 14.1 Å². The van der Waals surface area contributed by atoms with E-state index in [9.17, 15) is 18.8 Å². The Morgan fingerprint density at radius 1 is 0.944 bits per heavy atom. The third-order valence-electron chi connectivity index (χ3n) is 5.49. The van der Waals surface area contributed by atoms with Crippen LogP contribution < -0.4 is 10.2 Å². The monoisotopic (exact) mass is 504 g/mol. The van der Waals surface area contributed by atoms with Crippen LogP contribution in [0, 0.1) is 12.7 Å². The molecule has 0 aromatic heterocycles. The van der Waals surface area contributed by atoms with Gasteiger partial charge in [-0.05, 0) is 74.0 Å². The summed E-state index contributed by atoms with van der Waals surface area (Å²) in [7, 11) is 0. The molecule has 0 bridgehead atoms. The Morgan fingerprint density at radius 3 is 2.25 bits per heavy atom. The standard InChI is InChI=1S/C28H25FN2O4S/c1-3-4-17-35-28(34)19-7-13-22(14-8-19)31-26(32)24(30-21-11-9-20(29)10-12-21)25(27(31)33)36-23-15-5-18(2)6-16-23/h5-16,30H,3-4,17H2,1-2H3. The third kappa shape index (κ3) is 5.66. The first-order valence-electron chi connectivity index (χ1n) is 11.5. The molecule has 1 aliphatic heterocycles. The molecule has 0 aliphatic carbocycles. The fourth-order valence-electron chi connectivity index (χ4n) is 3.49. The maximum Gasteiger partial charge on any atom is 0.338 e. The highest BCUT2D eigenvalue weighted by atomic mass is 32.2. The van der Waals surface area contributed by atoms with Gasteiger partial charge in [-0.1, -0.05) is 42.8 Å². The Kier molecular flexibility index (Phi) is 7.85. The number of hydrogen-bond donors (Lipinski definition) is 1. The summed E-state index contributed by atoms with van der Waals surface area (Å²) in [4.78, 5) is 41.2. The minimum absolute atomic E-state index is 0.0974. The van der Waals surface area contributed by atoms with Gasteiger partial charge >= 0.3 is 5.97 Å². The van der Waals surface area contributed by atoms with Crippen LogP contribution >= 0.6 is 11.8 Å². The largest absolute Gasteiger partial charge is 0.462 e. The topological polar surface area (TPSA) is 75.7 Å². The summed E-state index contributed by atoms with van der Waals surface area (Å²) >= 11 is 1.18. The van der Waals surface area contributed by atoms with Crippen LogP contribution in [0.4, 0.5) is 15.8 Å². The summed E-state index contributed by atoms with van der Waals surface area (Å²) in [5.41, 5.74) is 2.30. The van der Waals surface area contributed by atoms with Crippen molar-refractivity contribution in [3.05, 3.63) is 100 Å². The van der Waals surface area contributed by atoms with Gasteiger partial charge in [0.1, 0.15) is 16.4 Å². The number of benzene rings is 3. The molecule has 8 heteroatoms. The molecule has 0 saturated heterocycles. The Labute approximate surface area is 213 Å². The predicted octanol–water partition coefficient (Wildman–Crippen LogP) is 6.08. The average Bonchev–Trinajstić information content (AvgIpc) is 3.10. The first-order chi connectivity index (χ1) is 17.4. The number of carbonyl (C=O) groups is 3. The first kappa shape index (κ1) is 25.2. The third-order valence-corrected chi connectivity index (χ3v) is 6.58. The number of ether oxygens (including phenoxy) is 1. The van der Waals surface area contributed by atoms with Crippen molar-refractivity contribution in [1.29, 1.82) is 0 Å². The second-order valence-electron chi connectivity index (χ2n) is 8.23. The Balaban J connectivity index is 1.62. The zero-order valence-corrected chi connectivity index (χ0v) is 20.7. The number of nitrogens with one attached hydrogen (secondary N) is 1. The molecule has 3 aromatic rings. The number of imide groups is 1.